The molecule has 10 heteroatoms. The van der Waals surface area contributed by atoms with Crippen molar-refractivity contribution < 1.29 is 18.1 Å². The molecule has 0 atom stereocenters. The summed E-state index contributed by atoms with van der Waals surface area (Å²) in [4.78, 5) is 18.4. The summed E-state index contributed by atoms with van der Waals surface area (Å²) < 4.78 is 42.1. The fraction of sp³-hybridized carbons (Fsp3) is 0.0556. The molecule has 0 N–H and O–H groups in total. The van der Waals surface area contributed by atoms with Gasteiger partial charge in [-0.3, -0.25) is 10.1 Å². The summed E-state index contributed by atoms with van der Waals surface area (Å²) >= 11 is 0. The van der Waals surface area contributed by atoms with Gasteiger partial charge in [-0.15, -0.1) is 0 Å². The predicted octanol–water partition coefficient (Wildman–Crippen LogP) is 4.41. The normalized spacial score (nSPS) is 11.7. The molecule has 0 aliphatic heterocycles. The van der Waals surface area contributed by atoms with Crippen LogP contribution in [-0.2, 0) is 6.18 Å². The summed E-state index contributed by atoms with van der Waals surface area (Å²) in [5, 5.41) is 15.3. The Morgan fingerprint density at radius 1 is 1.04 bits per heavy atom. The van der Waals surface area contributed by atoms with Crippen molar-refractivity contribution in [3.63, 3.8) is 0 Å². The van der Waals surface area contributed by atoms with E-state index in [1.165, 1.54) is 36.5 Å². The third kappa shape index (κ3) is 3.04. The molecule has 2 aromatic carbocycles. The van der Waals surface area contributed by atoms with E-state index in [4.69, 9.17) is 0 Å². The van der Waals surface area contributed by atoms with Gasteiger partial charge in [0.2, 0.25) is 0 Å². The zero-order valence-electron chi connectivity index (χ0n) is 14.0. The Morgan fingerprint density at radius 3 is 2.46 bits per heavy atom. The topological polar surface area (TPSA) is 86.7 Å². The number of aromatic nitrogens is 4. The van der Waals surface area contributed by atoms with Gasteiger partial charge in [0, 0.05) is 23.7 Å². The molecule has 0 saturated carbocycles. The summed E-state index contributed by atoms with van der Waals surface area (Å²) in [6, 6.07) is 11.8. The molecule has 140 valence electrons. The van der Waals surface area contributed by atoms with Crippen molar-refractivity contribution >= 4 is 16.6 Å². The minimum absolute atomic E-state index is 0.166. The first-order chi connectivity index (χ1) is 13.3. The second kappa shape index (κ2) is 6.41. The van der Waals surface area contributed by atoms with Gasteiger partial charge in [0.15, 0.2) is 11.5 Å². The van der Waals surface area contributed by atoms with Crippen molar-refractivity contribution in [2.24, 2.45) is 0 Å². The number of rotatable bonds is 3. The molecule has 0 aliphatic rings. The Morgan fingerprint density at radius 2 is 1.79 bits per heavy atom. The van der Waals surface area contributed by atoms with Crippen molar-refractivity contribution in [3.8, 4) is 17.1 Å². The van der Waals surface area contributed by atoms with Crippen LogP contribution in [0, 0.1) is 10.1 Å². The highest BCUT2D eigenvalue weighted by Crippen LogP contribution is 2.37. The van der Waals surface area contributed by atoms with Crippen LogP contribution in [0.25, 0.3) is 28.0 Å². The van der Waals surface area contributed by atoms with E-state index in [9.17, 15) is 23.3 Å². The fourth-order valence-electron chi connectivity index (χ4n) is 2.80. The molecule has 28 heavy (non-hydrogen) atoms. The molecule has 0 radical (unpaired) electrons. The molecular weight excluding hydrogens is 375 g/mol. The molecule has 2 heterocycles. The average molecular weight is 385 g/mol. The van der Waals surface area contributed by atoms with Crippen molar-refractivity contribution in [1.82, 2.24) is 19.7 Å². The molecule has 0 amide bonds. The summed E-state index contributed by atoms with van der Waals surface area (Å²) in [6.45, 7) is 0. The maximum Gasteiger partial charge on any atom is 0.434 e. The maximum absolute atomic E-state index is 13.8. The number of para-hydroxylation sites is 1. The first kappa shape index (κ1) is 17.6. The Labute approximate surface area is 155 Å². The zero-order chi connectivity index (χ0) is 19.9. The number of non-ortho nitro benzene ring substituents is 1. The van der Waals surface area contributed by atoms with Crippen LogP contribution in [0.3, 0.4) is 0 Å². The minimum Gasteiger partial charge on any atom is -0.258 e. The van der Waals surface area contributed by atoms with Crippen molar-refractivity contribution in [3.05, 3.63) is 76.7 Å². The van der Waals surface area contributed by atoms with E-state index < -0.39 is 16.8 Å². The van der Waals surface area contributed by atoms with Gasteiger partial charge < -0.3 is 0 Å². The lowest BCUT2D eigenvalue weighted by atomic mass is 10.2. The van der Waals surface area contributed by atoms with E-state index in [1.54, 1.807) is 18.2 Å². The number of benzene rings is 2. The molecule has 7 nitrogen and oxygen atoms in total. The summed E-state index contributed by atoms with van der Waals surface area (Å²) in [5.41, 5.74) is -1.15. The largest absolute Gasteiger partial charge is 0.434 e. The monoisotopic (exact) mass is 385 g/mol. The highest BCUT2D eigenvalue weighted by Gasteiger charge is 2.39. The van der Waals surface area contributed by atoms with Gasteiger partial charge in [-0.25, -0.2) is 14.6 Å². The highest BCUT2D eigenvalue weighted by molar-refractivity contribution is 5.82. The predicted molar refractivity (Wildman–Crippen MR) is 93.8 cm³/mol. The quantitative estimate of drug-likeness (QED) is 0.385. The van der Waals surface area contributed by atoms with E-state index >= 15 is 0 Å². The zero-order valence-corrected chi connectivity index (χ0v) is 14.0. The average Bonchev–Trinajstić information content (AvgIpc) is 3.13. The molecule has 0 aliphatic carbocycles. The second-order valence-corrected chi connectivity index (χ2v) is 5.85. The Balaban J connectivity index is 1.92. The summed E-state index contributed by atoms with van der Waals surface area (Å²) in [5.74, 6) is -0.220. The molecule has 0 saturated heterocycles. The number of nitro groups is 1. The summed E-state index contributed by atoms with van der Waals surface area (Å²) in [6.07, 6.45) is -2.36. The lowest BCUT2D eigenvalue weighted by Crippen LogP contribution is -2.15. The van der Waals surface area contributed by atoms with Crippen molar-refractivity contribution in [2.75, 3.05) is 0 Å². The van der Waals surface area contributed by atoms with Gasteiger partial charge >= 0.3 is 6.18 Å². The van der Waals surface area contributed by atoms with Crippen LogP contribution >= 0.6 is 0 Å². The maximum atomic E-state index is 13.8. The number of alkyl halides is 3. The van der Waals surface area contributed by atoms with Gasteiger partial charge in [-0.2, -0.15) is 18.3 Å². The van der Waals surface area contributed by atoms with Crippen LogP contribution in [-0.4, -0.2) is 24.7 Å². The molecule has 0 spiro atoms. The van der Waals surface area contributed by atoms with Crippen LogP contribution in [0.1, 0.15) is 5.69 Å². The third-order valence-electron chi connectivity index (χ3n) is 4.06. The van der Waals surface area contributed by atoms with E-state index in [0.717, 1.165) is 10.9 Å². The lowest BCUT2D eigenvalue weighted by Gasteiger charge is -2.12. The van der Waals surface area contributed by atoms with E-state index in [2.05, 4.69) is 15.1 Å². The number of nitro benzene ring substituents is 1. The van der Waals surface area contributed by atoms with E-state index in [-0.39, 0.29) is 28.3 Å². The third-order valence-corrected chi connectivity index (χ3v) is 4.06. The van der Waals surface area contributed by atoms with Gasteiger partial charge in [-0.05, 0) is 18.2 Å². The van der Waals surface area contributed by atoms with Crippen LogP contribution < -0.4 is 0 Å². The lowest BCUT2D eigenvalue weighted by molar-refractivity contribution is -0.384. The number of hydrogen-bond donors (Lipinski definition) is 0. The van der Waals surface area contributed by atoms with Gasteiger partial charge in [-0.1, -0.05) is 18.2 Å². The first-order valence-corrected chi connectivity index (χ1v) is 7.97. The van der Waals surface area contributed by atoms with Crippen LogP contribution in [0.5, 0.6) is 0 Å². The van der Waals surface area contributed by atoms with Gasteiger partial charge in [0.1, 0.15) is 0 Å². The van der Waals surface area contributed by atoms with Crippen LogP contribution in [0.15, 0.2) is 60.9 Å². The number of hydrogen-bond acceptors (Lipinski definition) is 5. The fourth-order valence-corrected chi connectivity index (χ4v) is 2.80. The minimum atomic E-state index is -4.72. The Bertz CT molecular complexity index is 1190. The number of fused-ring (bicyclic) bond motifs is 1. The van der Waals surface area contributed by atoms with Crippen LogP contribution in [0.2, 0.25) is 0 Å². The highest BCUT2D eigenvalue weighted by atomic mass is 19.4. The molecule has 0 bridgehead atoms. The SMILES string of the molecule is O=[N+]([O-])c1ccc2cnc(-c3cnn(-c4ccccc4)c3C(F)(F)F)nc2c1. The first-order valence-electron chi connectivity index (χ1n) is 7.97. The molecular formula is C18H10F3N5O2. The van der Waals surface area contributed by atoms with E-state index in [0.29, 0.717) is 5.39 Å². The van der Waals surface area contributed by atoms with Gasteiger partial charge in [0.05, 0.1) is 27.9 Å². The molecule has 0 fully saturated rings. The summed E-state index contributed by atoms with van der Waals surface area (Å²) in [7, 11) is 0. The van der Waals surface area contributed by atoms with Crippen molar-refractivity contribution in [2.45, 2.75) is 6.18 Å². The smallest absolute Gasteiger partial charge is 0.258 e. The molecule has 4 rings (SSSR count). The molecule has 0 unspecified atom stereocenters. The molecule has 2 aromatic heterocycles. The standard InChI is InChI=1S/C18H10F3N5O2/c19-18(20,21)16-14(10-23-25(16)12-4-2-1-3-5-12)17-22-9-11-6-7-13(26(27)28)8-15(11)24-17/h1-10H. The second-order valence-electron chi connectivity index (χ2n) is 5.85. The Hall–Kier alpha value is -3.82. The van der Waals surface area contributed by atoms with Crippen molar-refractivity contribution in [1.29, 1.82) is 0 Å². The van der Waals surface area contributed by atoms with E-state index in [1.807, 2.05) is 0 Å². The molecule has 4 aromatic rings. The number of nitrogens with zero attached hydrogens (tertiary/aromatic N) is 5. The Kier molecular flexibility index (Phi) is 4.03. The van der Waals surface area contributed by atoms with Gasteiger partial charge in [0.25, 0.3) is 5.69 Å². The van der Waals surface area contributed by atoms with Crippen LogP contribution in [0.4, 0.5) is 18.9 Å². The number of halogens is 3.